The number of aliphatic hydroxyl groups is 2. The van der Waals surface area contributed by atoms with Gasteiger partial charge >= 0.3 is 29.6 Å². The molecule has 15 N–H and O–H groups in total. The average molecular weight is 2460 g/mol. The maximum absolute atomic E-state index is 15.0. The minimum atomic E-state index is -1.31. The van der Waals surface area contributed by atoms with Crippen LogP contribution < -0.4 is 117 Å². The number of alkyl halides is 1. The van der Waals surface area contributed by atoms with Crippen LogP contribution in [0.25, 0.3) is 55.2 Å². The maximum atomic E-state index is 15.0. The number of hydrogen-bond donors (Lipinski definition) is 10. The second-order valence-electron chi connectivity index (χ2n) is 29.6. The number of nitrogens with one attached hydrogen (secondary N) is 7. The Kier molecular flexibility index (Phi) is 45.2. The number of halogens is 12. The van der Waals surface area contributed by atoms with Gasteiger partial charge in [0.25, 0.3) is 67.0 Å². The molecule has 0 aliphatic carbocycles. The molecular formula is C90H76BrF9I2N25NaO20Pd. The number of nitrogens with zero attached hydrogens (tertiary/aromatic N) is 17. The normalized spacial score (nSPS) is 10.3. The summed E-state index contributed by atoms with van der Waals surface area (Å²) in [5.74, 6) is -8.93. The molecule has 0 atom stereocenters. The van der Waals surface area contributed by atoms with Crippen LogP contribution in [0.15, 0.2) is 243 Å². The van der Waals surface area contributed by atoms with Crippen molar-refractivity contribution in [2.45, 2.75) is 26.6 Å². The molecule has 10 heterocycles. The Labute approximate surface area is 898 Å². The van der Waals surface area contributed by atoms with E-state index in [1.165, 1.54) is 117 Å². The van der Waals surface area contributed by atoms with Crippen LogP contribution in [0.2, 0.25) is 0 Å². The fraction of sp³-hybridized carbons (Fsp3) is 0.133. The third-order valence-electron chi connectivity index (χ3n) is 20.3. The molecule has 0 saturated carbocycles. The number of H-pyrrole nitrogens is 2. The van der Waals surface area contributed by atoms with E-state index in [0.717, 1.165) is 88.6 Å². The van der Waals surface area contributed by atoms with Gasteiger partial charge in [0, 0.05) is 98.9 Å². The number of nitro benzene ring substituents is 2. The topological polar surface area (TPSA) is 658 Å². The molecule has 0 radical (unpaired) electrons. The zero-order valence-electron chi connectivity index (χ0n) is 77.6. The molecule has 45 nitrogen and oxygen atoms in total. The number of nitro groups is 2. The number of hydrogen-bond acceptors (Lipinski definition) is 31. The molecule has 0 saturated heterocycles. The molecule has 0 fully saturated rings. The van der Waals surface area contributed by atoms with Crippen LogP contribution >= 0.6 is 61.1 Å². The molecule has 0 amide bonds. The first-order valence-corrected chi connectivity index (χ1v) is 44.3. The zero-order valence-corrected chi connectivity index (χ0v) is 87.1. The second kappa shape index (κ2) is 55.2. The predicted molar refractivity (Wildman–Crippen MR) is 547 cm³/mol. The molecule has 149 heavy (non-hydrogen) atoms. The summed E-state index contributed by atoms with van der Waals surface area (Å²) >= 11 is 6.85. The molecule has 776 valence electrons. The number of pyridine rings is 5. The second-order valence-corrected chi connectivity index (χ2v) is 32.9. The standard InChI is InChI=1S/C21H15F2N5O4.C21H16FN5O4.C16H13F2IN4O3.C14H9F2IN4O2.C14H11F2N5O2.C2H5BrO.C2H3N.HNO2.Na.2H2O.Pd/c1-26-19-16(20(29)27(11-24-19)10-12-5-3-2-4-6-12)18(17(23)21(26)30)25-15-8-7-13(28(31)32)9-14(15)22;1-25-18(28)10-17(24-16-8-7-14(27(30)31)9-15(16)22)19-20(25)23-12-26(21(19)29)11-13-5-3-2-4-6-13;1-22-14-11(15(25)23(4-5-24)7-20-14)13(12(18)16(22)26)21-10-3-2-8(19)6-9(10)17;2*1-21-12-9(13(22)19-5-18-12)11(10(16)14(21)23)20-8-3-2-6(17)4-7(8)15;3-1-2-4;1-2-3;2-1-3;;;;/h2-9,11,25H,10H2,1H3;2-10,12,24H,11H2,1H3;2-3,6-7,21,24H,4-5H2,1H3;2-5,20H,1H3,(H,18,19,22);2-5,20H,17H2,1H3,(H,18,19,22);4H,1-2H2;1H3;(H,2,3);;2*1H2;/q;;;;;;;;+1;;;/p-1. The molecule has 0 bridgehead atoms. The van der Waals surface area contributed by atoms with Gasteiger partial charge in [-0.25, -0.2) is 46.9 Å². The van der Waals surface area contributed by atoms with Crippen LogP contribution in [-0.2, 0) is 75.3 Å². The van der Waals surface area contributed by atoms with E-state index in [1.807, 2.05) is 81.6 Å². The Morgan fingerprint density at radius 1 is 0.436 bits per heavy atom. The van der Waals surface area contributed by atoms with Gasteiger partial charge in [-0.2, -0.15) is 22.8 Å². The smallest absolute Gasteiger partial charge is 0.444 e. The number of benzene rings is 7. The van der Waals surface area contributed by atoms with E-state index >= 15 is 0 Å². The number of aromatic amines is 2. The number of fused-ring (bicyclic) bond motifs is 5. The number of rotatable bonds is 19. The number of nitrogen functional groups attached to an aromatic ring is 1. The van der Waals surface area contributed by atoms with Crippen molar-refractivity contribution in [2.24, 2.45) is 40.6 Å². The molecule has 0 spiro atoms. The number of aliphatic hydroxyl groups excluding tert-OH is 2. The van der Waals surface area contributed by atoms with Gasteiger partial charge < -0.3 is 73.6 Å². The summed E-state index contributed by atoms with van der Waals surface area (Å²) in [5.41, 5.74) is -3.73. The molecule has 0 aliphatic heterocycles. The average Bonchev–Trinajstić information content (AvgIpc) is 0.829. The third kappa shape index (κ3) is 28.6. The summed E-state index contributed by atoms with van der Waals surface area (Å²) in [6.45, 7) is 1.69. The number of nitrogens with two attached hydrogens (primary N) is 1. The fourth-order valence-corrected chi connectivity index (χ4v) is 14.3. The van der Waals surface area contributed by atoms with E-state index in [1.54, 1.807) is 42.5 Å². The van der Waals surface area contributed by atoms with Gasteiger partial charge in [0.2, 0.25) is 23.3 Å². The van der Waals surface area contributed by atoms with Gasteiger partial charge in [-0.15, -0.1) is 5.34 Å². The number of aryl methyl sites for hydroxylation is 5. The van der Waals surface area contributed by atoms with Crippen molar-refractivity contribution in [1.82, 2.24) is 71.4 Å². The Bertz CT molecular complexity index is 8450. The predicted octanol–water partition coefficient (Wildman–Crippen LogP) is 7.70. The molecular weight excluding hydrogens is 2390 g/mol. The molecule has 17 aromatic rings. The number of nitriles is 1. The minimum absolute atomic E-state index is 0. The Morgan fingerprint density at radius 2 is 0.732 bits per heavy atom. The summed E-state index contributed by atoms with van der Waals surface area (Å²) in [7, 11) is 6.61. The van der Waals surface area contributed by atoms with Crippen molar-refractivity contribution in [3.63, 3.8) is 0 Å². The van der Waals surface area contributed by atoms with E-state index in [2.05, 4.69) is 77.4 Å². The van der Waals surface area contributed by atoms with Crippen LogP contribution in [-0.4, -0.2) is 121 Å². The zero-order chi connectivity index (χ0) is 106. The van der Waals surface area contributed by atoms with Crippen LogP contribution in [0.4, 0.5) is 113 Å². The number of aromatic nitrogens is 15. The van der Waals surface area contributed by atoms with Gasteiger partial charge in [0.1, 0.15) is 57.0 Å². The molecule has 10 aromatic heterocycles. The van der Waals surface area contributed by atoms with Crippen LogP contribution in [0, 0.1) is 101 Å². The van der Waals surface area contributed by atoms with E-state index < -0.39 is 152 Å². The summed E-state index contributed by atoms with van der Waals surface area (Å²) in [5, 5.41) is 67.4. The summed E-state index contributed by atoms with van der Waals surface area (Å²) in [6.07, 6.45) is 5.96. The van der Waals surface area contributed by atoms with E-state index in [4.69, 9.17) is 31.3 Å². The van der Waals surface area contributed by atoms with Crippen molar-refractivity contribution in [1.29, 1.82) is 5.26 Å². The van der Waals surface area contributed by atoms with Gasteiger partial charge in [0.05, 0.1) is 137 Å². The minimum Gasteiger partial charge on any atom is -0.444 e. The number of non-ortho nitro benzene ring substituents is 2. The fourth-order valence-electron chi connectivity index (χ4n) is 13.4. The molecule has 17 rings (SSSR count). The molecule has 59 heteroatoms. The first-order chi connectivity index (χ1) is 69.0. The third-order valence-corrected chi connectivity index (χ3v) is 22.0. The maximum Gasteiger partial charge on any atom is 1.00 e. The Morgan fingerprint density at radius 3 is 1.06 bits per heavy atom. The Balaban J connectivity index is 0.000000277. The first-order valence-electron chi connectivity index (χ1n) is 41.0. The summed E-state index contributed by atoms with van der Waals surface area (Å²) < 4.78 is 139. The Hall–Kier alpha value is -15.7. The van der Waals surface area contributed by atoms with Crippen molar-refractivity contribution < 1.29 is 121 Å². The van der Waals surface area contributed by atoms with Crippen LogP contribution in [0.5, 0.6) is 0 Å². The van der Waals surface area contributed by atoms with E-state index in [9.17, 15) is 108 Å². The van der Waals surface area contributed by atoms with E-state index in [0.29, 0.717) is 18.5 Å². The van der Waals surface area contributed by atoms with Gasteiger partial charge in [-0.1, -0.05) is 76.6 Å². The van der Waals surface area contributed by atoms with Crippen molar-refractivity contribution >= 4 is 190 Å². The van der Waals surface area contributed by atoms with Gasteiger partial charge in [0.15, 0.2) is 39.9 Å². The largest absolute Gasteiger partial charge is 1.00 e. The van der Waals surface area contributed by atoms with E-state index in [-0.39, 0.29) is 189 Å². The van der Waals surface area contributed by atoms with Crippen LogP contribution in [0.1, 0.15) is 18.1 Å². The SMILES string of the molecule is CC#N.Cn1c(=O)c(F)c(Nc2ccc(I)cc2F)c2c(=O)[nH]cnc21.Cn1c(=O)c(F)c(Nc2ccc(I)cc2F)c2c(=O)n(CCO)cnc21.Cn1c(=O)c(F)c(Nc2ccc(N)cc2F)c2c(=O)[nH]cnc21.Cn1c(=O)c(F)c(Nc2ccc([N+](=O)[O-])cc2F)c2c(=O)n(Cc3ccccc3)cnc21.Cn1c(=O)cc(Nc2ccc([N+](=O)[O-])cc2F)c2c(=O)n(Cc3ccccc3)cnc21.O.O.O=N[O-].OCCBr.[Na+].[Pd]. The van der Waals surface area contributed by atoms with Crippen molar-refractivity contribution in [3.05, 3.63) is 394 Å². The summed E-state index contributed by atoms with van der Waals surface area (Å²) in [4.78, 5) is 177. The molecule has 7 aromatic carbocycles. The number of anilines is 11. The van der Waals surface area contributed by atoms with Crippen LogP contribution in [0.3, 0.4) is 0 Å². The van der Waals surface area contributed by atoms with Gasteiger partial charge in [-0.3, -0.25) is 105 Å². The molecule has 0 aliphatic rings. The monoisotopic (exact) mass is 2460 g/mol. The quantitative estimate of drug-likeness (QED) is 0.00541. The summed E-state index contributed by atoms with van der Waals surface area (Å²) in [6, 6.07) is 39.1. The van der Waals surface area contributed by atoms with Crippen molar-refractivity contribution in [2.75, 3.05) is 50.9 Å². The van der Waals surface area contributed by atoms with Gasteiger partial charge in [-0.05, 0) is 123 Å². The molecule has 0 unspecified atom stereocenters. The first kappa shape index (κ1) is 122. The van der Waals surface area contributed by atoms with Crippen molar-refractivity contribution in [3.8, 4) is 6.07 Å².